The van der Waals surface area contributed by atoms with Crippen LogP contribution in [0.3, 0.4) is 0 Å². The van der Waals surface area contributed by atoms with Crippen LogP contribution in [0.25, 0.3) is 0 Å². The Morgan fingerprint density at radius 1 is 1.32 bits per heavy atom. The van der Waals surface area contributed by atoms with Crippen LogP contribution in [0, 0.1) is 5.82 Å². The number of carbonyl (C=O) groups excluding carboxylic acids is 3. The molecule has 0 unspecified atom stereocenters. The van der Waals surface area contributed by atoms with Crippen LogP contribution in [0.5, 0.6) is 5.75 Å². The van der Waals surface area contributed by atoms with Crippen molar-refractivity contribution >= 4 is 40.9 Å². The topological polar surface area (TPSA) is 117 Å². The predicted octanol–water partition coefficient (Wildman–Crippen LogP) is 2.16. The fourth-order valence-electron chi connectivity index (χ4n) is 3.33. The summed E-state index contributed by atoms with van der Waals surface area (Å²) in [6.07, 6.45) is -1.20. The maximum absolute atomic E-state index is 13.4. The second-order valence-corrected chi connectivity index (χ2v) is 7.47. The molecule has 2 aromatic rings. The van der Waals surface area contributed by atoms with Gasteiger partial charge in [0.1, 0.15) is 11.6 Å². The van der Waals surface area contributed by atoms with E-state index in [2.05, 4.69) is 10.6 Å². The summed E-state index contributed by atoms with van der Waals surface area (Å²) in [5, 5.41) is 15.7. The molecule has 162 valence electrons. The number of aliphatic hydroxyl groups is 1. The summed E-state index contributed by atoms with van der Waals surface area (Å²) in [6.45, 7) is -0.167. The minimum atomic E-state index is -2.35. The summed E-state index contributed by atoms with van der Waals surface area (Å²) < 4.78 is 23.7. The molecule has 4 rings (SSSR count). The van der Waals surface area contributed by atoms with E-state index in [1.807, 2.05) is 0 Å². The van der Waals surface area contributed by atoms with Gasteiger partial charge >= 0.3 is 6.09 Å². The molecule has 3 amide bonds. The standard InChI is InChI=1S/C20H17ClFN3O6/c21-12-5-11(6-13(22)7-12)9-23-19(28)31-20(29)3-4-25(18(20)27)14-1-2-15-16(8-14)30-10-17(26)24-15/h1-2,5-8,29H,3-4,9-10H2,(H,23,28)(H,24,26)/t20-/m0/s1. The predicted molar refractivity (Wildman–Crippen MR) is 107 cm³/mol. The van der Waals surface area contributed by atoms with Gasteiger partial charge in [0.25, 0.3) is 17.6 Å². The van der Waals surface area contributed by atoms with E-state index in [0.29, 0.717) is 22.7 Å². The van der Waals surface area contributed by atoms with Gasteiger partial charge in [0, 0.05) is 36.3 Å². The fraction of sp³-hybridized carbons (Fsp3) is 0.250. The molecule has 0 aromatic heterocycles. The van der Waals surface area contributed by atoms with Crippen molar-refractivity contribution in [2.75, 3.05) is 23.4 Å². The summed E-state index contributed by atoms with van der Waals surface area (Å²) in [5.74, 6) is -3.64. The van der Waals surface area contributed by atoms with Gasteiger partial charge in [-0.2, -0.15) is 0 Å². The van der Waals surface area contributed by atoms with E-state index in [1.54, 1.807) is 18.2 Å². The molecule has 1 saturated heterocycles. The molecular weight excluding hydrogens is 433 g/mol. The van der Waals surface area contributed by atoms with Crippen molar-refractivity contribution in [2.24, 2.45) is 0 Å². The molecule has 11 heteroatoms. The molecule has 9 nitrogen and oxygen atoms in total. The molecule has 3 N–H and O–H groups in total. The Balaban J connectivity index is 1.40. The minimum absolute atomic E-state index is 0.0905. The van der Waals surface area contributed by atoms with E-state index in [4.69, 9.17) is 21.1 Å². The number of fused-ring (bicyclic) bond motifs is 1. The van der Waals surface area contributed by atoms with Crippen LogP contribution >= 0.6 is 11.6 Å². The monoisotopic (exact) mass is 449 g/mol. The lowest BCUT2D eigenvalue weighted by Crippen LogP contribution is -2.46. The summed E-state index contributed by atoms with van der Waals surface area (Å²) in [6, 6.07) is 8.46. The molecule has 2 aromatic carbocycles. The molecule has 2 aliphatic heterocycles. The summed E-state index contributed by atoms with van der Waals surface area (Å²) in [4.78, 5) is 37.5. The van der Waals surface area contributed by atoms with E-state index in [1.165, 1.54) is 17.0 Å². The van der Waals surface area contributed by atoms with Crippen LogP contribution in [0.1, 0.15) is 12.0 Å². The molecule has 2 aliphatic rings. The van der Waals surface area contributed by atoms with Crippen LogP contribution in [0.4, 0.5) is 20.6 Å². The van der Waals surface area contributed by atoms with Gasteiger partial charge in [0.05, 0.1) is 5.69 Å². The van der Waals surface area contributed by atoms with Gasteiger partial charge in [0.2, 0.25) is 0 Å². The number of rotatable bonds is 4. The normalized spacial score (nSPS) is 20.0. The number of nitrogens with zero attached hydrogens (tertiary/aromatic N) is 1. The summed E-state index contributed by atoms with van der Waals surface area (Å²) in [5.41, 5.74) is 1.26. The van der Waals surface area contributed by atoms with Crippen LogP contribution in [0.15, 0.2) is 36.4 Å². The Labute approximate surface area is 180 Å². The summed E-state index contributed by atoms with van der Waals surface area (Å²) >= 11 is 5.77. The van der Waals surface area contributed by atoms with Crippen molar-refractivity contribution in [2.45, 2.75) is 18.8 Å². The largest absolute Gasteiger partial charge is 0.482 e. The zero-order valence-electron chi connectivity index (χ0n) is 16.0. The second-order valence-electron chi connectivity index (χ2n) is 7.03. The van der Waals surface area contributed by atoms with E-state index in [9.17, 15) is 23.9 Å². The van der Waals surface area contributed by atoms with Crippen LogP contribution < -0.4 is 20.3 Å². The number of alkyl carbamates (subject to hydrolysis) is 1. The second kappa shape index (κ2) is 8.05. The number of ether oxygens (including phenoxy) is 2. The van der Waals surface area contributed by atoms with Crippen LogP contribution in [-0.4, -0.2) is 42.0 Å². The van der Waals surface area contributed by atoms with Gasteiger partial charge in [-0.3, -0.25) is 9.59 Å². The first-order valence-electron chi connectivity index (χ1n) is 9.26. The number of benzene rings is 2. The maximum Gasteiger partial charge on any atom is 0.410 e. The smallest absolute Gasteiger partial charge is 0.410 e. The summed E-state index contributed by atoms with van der Waals surface area (Å²) in [7, 11) is 0. The van der Waals surface area contributed by atoms with Crippen LogP contribution in [-0.2, 0) is 20.9 Å². The molecule has 0 spiro atoms. The molecule has 0 bridgehead atoms. The van der Waals surface area contributed by atoms with Gasteiger partial charge in [-0.15, -0.1) is 0 Å². The third kappa shape index (κ3) is 4.39. The van der Waals surface area contributed by atoms with Gasteiger partial charge in [0.15, 0.2) is 6.61 Å². The molecule has 0 aliphatic carbocycles. The van der Waals surface area contributed by atoms with Gasteiger partial charge < -0.3 is 30.1 Å². The molecular formula is C20H17ClFN3O6. The number of anilines is 2. The Bertz CT molecular complexity index is 1060. The van der Waals surface area contributed by atoms with E-state index < -0.39 is 23.6 Å². The quantitative estimate of drug-likeness (QED) is 0.616. The number of halogens is 2. The van der Waals surface area contributed by atoms with Gasteiger partial charge in [-0.1, -0.05) is 11.6 Å². The van der Waals surface area contributed by atoms with E-state index in [-0.39, 0.29) is 37.0 Å². The lowest BCUT2D eigenvalue weighted by Gasteiger charge is -2.24. The van der Waals surface area contributed by atoms with Crippen molar-refractivity contribution in [1.29, 1.82) is 0 Å². The average molecular weight is 450 g/mol. The highest BCUT2D eigenvalue weighted by atomic mass is 35.5. The molecule has 31 heavy (non-hydrogen) atoms. The Morgan fingerprint density at radius 2 is 2.13 bits per heavy atom. The van der Waals surface area contributed by atoms with E-state index in [0.717, 1.165) is 6.07 Å². The van der Waals surface area contributed by atoms with Crippen molar-refractivity contribution in [3.8, 4) is 5.75 Å². The molecule has 1 fully saturated rings. The van der Waals surface area contributed by atoms with Gasteiger partial charge in [-0.05, 0) is 35.9 Å². The van der Waals surface area contributed by atoms with Crippen molar-refractivity contribution in [3.05, 3.63) is 52.8 Å². The van der Waals surface area contributed by atoms with Crippen molar-refractivity contribution < 1.29 is 33.4 Å². The van der Waals surface area contributed by atoms with Crippen molar-refractivity contribution in [1.82, 2.24) is 5.32 Å². The Hall–Kier alpha value is -3.37. The third-order valence-corrected chi connectivity index (χ3v) is 5.00. The highest BCUT2D eigenvalue weighted by Crippen LogP contribution is 2.35. The van der Waals surface area contributed by atoms with E-state index >= 15 is 0 Å². The third-order valence-electron chi connectivity index (χ3n) is 4.78. The first-order chi connectivity index (χ1) is 14.7. The fourth-order valence-corrected chi connectivity index (χ4v) is 3.58. The van der Waals surface area contributed by atoms with Gasteiger partial charge in [-0.25, -0.2) is 9.18 Å². The zero-order chi connectivity index (χ0) is 22.2. The Morgan fingerprint density at radius 3 is 2.90 bits per heavy atom. The highest BCUT2D eigenvalue weighted by molar-refractivity contribution is 6.30. The Kier molecular flexibility index (Phi) is 5.42. The highest BCUT2D eigenvalue weighted by Gasteiger charge is 2.49. The number of hydrogen-bond donors (Lipinski definition) is 3. The SMILES string of the molecule is O=C1COc2cc(N3CC[C@](O)(OC(=O)NCc4cc(F)cc(Cl)c4)C3=O)ccc2N1. The number of amides is 3. The van der Waals surface area contributed by atoms with Crippen molar-refractivity contribution in [3.63, 3.8) is 0 Å². The number of hydrogen-bond acceptors (Lipinski definition) is 6. The number of nitrogens with one attached hydrogen (secondary N) is 2. The first-order valence-corrected chi connectivity index (χ1v) is 9.64. The molecule has 0 saturated carbocycles. The lowest BCUT2D eigenvalue weighted by molar-refractivity contribution is -0.175. The minimum Gasteiger partial charge on any atom is -0.482 e. The molecule has 0 radical (unpaired) electrons. The maximum atomic E-state index is 13.4. The zero-order valence-corrected chi connectivity index (χ0v) is 16.7. The number of carbonyl (C=O) groups is 3. The first kappa shape index (κ1) is 20.9. The lowest BCUT2D eigenvalue weighted by atomic mass is 10.2. The average Bonchev–Trinajstić information content (AvgIpc) is 3.00. The molecule has 1 atom stereocenters. The van der Waals surface area contributed by atoms with Crippen LogP contribution in [0.2, 0.25) is 5.02 Å². The molecule has 2 heterocycles.